The minimum atomic E-state index is 0.711. The fourth-order valence-corrected chi connectivity index (χ4v) is 3.37. The molecule has 102 valence electrons. The highest BCUT2D eigenvalue weighted by atomic mass is 32.2. The molecule has 1 aliphatic rings. The van der Waals surface area contributed by atoms with Crippen molar-refractivity contribution in [3.05, 3.63) is 41.2 Å². The van der Waals surface area contributed by atoms with Crippen LogP contribution in [-0.4, -0.2) is 14.8 Å². The number of thioether (sulfide) groups is 1. The van der Waals surface area contributed by atoms with Crippen LogP contribution in [0.1, 0.15) is 36.2 Å². The average molecular weight is 284 g/mol. The van der Waals surface area contributed by atoms with Gasteiger partial charge < -0.3 is 4.57 Å². The second-order valence-corrected chi connectivity index (χ2v) is 5.90. The molecule has 0 amide bonds. The van der Waals surface area contributed by atoms with Crippen LogP contribution >= 0.6 is 11.8 Å². The number of aromatic nitrogens is 3. The van der Waals surface area contributed by atoms with E-state index in [-0.39, 0.29) is 0 Å². The number of nitrogens with zero attached hydrogens (tertiary/aromatic N) is 4. The quantitative estimate of drug-likeness (QED) is 0.812. The largest absolute Gasteiger partial charge is 0.306 e. The molecule has 3 rings (SSSR count). The number of rotatable bonds is 3. The smallest absolute Gasteiger partial charge is 0.191 e. The van der Waals surface area contributed by atoms with Gasteiger partial charge in [-0.15, -0.1) is 10.2 Å². The van der Waals surface area contributed by atoms with Gasteiger partial charge in [0.2, 0.25) is 0 Å². The third kappa shape index (κ3) is 2.86. The maximum atomic E-state index is 8.92. The topological polar surface area (TPSA) is 54.5 Å². The Morgan fingerprint density at radius 2 is 2.20 bits per heavy atom. The standard InChI is InChI=1S/C15H16N4S/c16-10-12-5-4-6-13(9-12)11-20-15-18-17-14-7-2-1-3-8-19(14)15/h4-6,9H,1-3,7-8,11H2. The molecule has 2 heterocycles. The first-order valence-corrected chi connectivity index (χ1v) is 7.89. The highest BCUT2D eigenvalue weighted by Gasteiger charge is 2.14. The lowest BCUT2D eigenvalue weighted by Crippen LogP contribution is -2.02. The summed E-state index contributed by atoms with van der Waals surface area (Å²) in [5.41, 5.74) is 1.86. The molecule has 0 N–H and O–H groups in total. The Balaban J connectivity index is 1.72. The van der Waals surface area contributed by atoms with Crippen LogP contribution in [0.3, 0.4) is 0 Å². The summed E-state index contributed by atoms with van der Waals surface area (Å²) >= 11 is 1.70. The molecule has 1 aromatic carbocycles. The van der Waals surface area contributed by atoms with E-state index < -0.39 is 0 Å². The molecule has 0 saturated carbocycles. The first-order chi connectivity index (χ1) is 9.86. The monoisotopic (exact) mass is 284 g/mol. The van der Waals surface area contributed by atoms with Crippen molar-refractivity contribution in [2.45, 2.75) is 43.1 Å². The van der Waals surface area contributed by atoms with E-state index >= 15 is 0 Å². The van der Waals surface area contributed by atoms with Gasteiger partial charge in [-0.3, -0.25) is 0 Å². The molecule has 5 heteroatoms. The number of hydrogen-bond donors (Lipinski definition) is 0. The molecule has 0 fully saturated rings. The molecule has 0 saturated heterocycles. The molecule has 1 aromatic heterocycles. The summed E-state index contributed by atoms with van der Waals surface area (Å²) in [6.07, 6.45) is 4.74. The first-order valence-electron chi connectivity index (χ1n) is 6.91. The fraction of sp³-hybridized carbons (Fsp3) is 0.400. The number of fused-ring (bicyclic) bond motifs is 1. The Hall–Kier alpha value is -1.80. The highest BCUT2D eigenvalue weighted by molar-refractivity contribution is 7.98. The van der Waals surface area contributed by atoms with Crippen molar-refractivity contribution in [1.82, 2.24) is 14.8 Å². The molecule has 0 spiro atoms. The second-order valence-electron chi connectivity index (χ2n) is 4.96. The van der Waals surface area contributed by atoms with E-state index in [1.165, 1.54) is 19.3 Å². The summed E-state index contributed by atoms with van der Waals surface area (Å²) in [5.74, 6) is 1.95. The van der Waals surface area contributed by atoms with Gasteiger partial charge in [0.15, 0.2) is 5.16 Å². The summed E-state index contributed by atoms with van der Waals surface area (Å²) in [5, 5.41) is 18.5. The van der Waals surface area contributed by atoms with E-state index in [4.69, 9.17) is 5.26 Å². The molecule has 0 atom stereocenters. The maximum absolute atomic E-state index is 8.92. The molecule has 0 bridgehead atoms. The zero-order valence-electron chi connectivity index (χ0n) is 11.2. The molecule has 0 radical (unpaired) electrons. The van der Waals surface area contributed by atoms with Gasteiger partial charge in [0.25, 0.3) is 0 Å². The summed E-state index contributed by atoms with van der Waals surface area (Å²) in [4.78, 5) is 0. The lowest BCUT2D eigenvalue weighted by atomic mass is 10.2. The highest BCUT2D eigenvalue weighted by Crippen LogP contribution is 2.25. The number of aryl methyl sites for hydroxylation is 1. The molecule has 20 heavy (non-hydrogen) atoms. The summed E-state index contributed by atoms with van der Waals surface area (Å²) in [6, 6.07) is 9.92. The van der Waals surface area contributed by atoms with Crippen LogP contribution in [0.25, 0.3) is 0 Å². The third-order valence-electron chi connectivity index (χ3n) is 3.50. The van der Waals surface area contributed by atoms with Crippen molar-refractivity contribution in [2.24, 2.45) is 0 Å². The summed E-state index contributed by atoms with van der Waals surface area (Å²) < 4.78 is 2.26. The van der Waals surface area contributed by atoms with Gasteiger partial charge in [-0.2, -0.15) is 5.26 Å². The van der Waals surface area contributed by atoms with E-state index in [1.54, 1.807) is 11.8 Å². The summed E-state index contributed by atoms with van der Waals surface area (Å²) in [7, 11) is 0. The van der Waals surface area contributed by atoms with Crippen LogP contribution in [0.2, 0.25) is 0 Å². The van der Waals surface area contributed by atoms with E-state index in [0.29, 0.717) is 5.56 Å². The predicted molar refractivity (Wildman–Crippen MR) is 78.3 cm³/mol. The van der Waals surface area contributed by atoms with Crippen molar-refractivity contribution in [2.75, 3.05) is 0 Å². The Kier molecular flexibility index (Phi) is 4.03. The minimum Gasteiger partial charge on any atom is -0.306 e. The molecule has 0 unspecified atom stereocenters. The minimum absolute atomic E-state index is 0.711. The van der Waals surface area contributed by atoms with Crippen LogP contribution in [0, 0.1) is 11.3 Å². The Morgan fingerprint density at radius 3 is 3.10 bits per heavy atom. The van der Waals surface area contributed by atoms with Gasteiger partial charge >= 0.3 is 0 Å². The number of hydrogen-bond acceptors (Lipinski definition) is 4. The van der Waals surface area contributed by atoms with Gasteiger partial charge in [-0.05, 0) is 30.5 Å². The van der Waals surface area contributed by atoms with Gasteiger partial charge in [-0.25, -0.2) is 0 Å². The van der Waals surface area contributed by atoms with Crippen molar-refractivity contribution in [3.63, 3.8) is 0 Å². The van der Waals surface area contributed by atoms with Gasteiger partial charge in [0.05, 0.1) is 11.6 Å². The van der Waals surface area contributed by atoms with Gasteiger partial charge in [-0.1, -0.05) is 30.3 Å². The molecule has 4 nitrogen and oxygen atoms in total. The average Bonchev–Trinajstić information content (AvgIpc) is 2.72. The van der Waals surface area contributed by atoms with Crippen LogP contribution in [0.4, 0.5) is 0 Å². The zero-order valence-corrected chi connectivity index (χ0v) is 12.1. The van der Waals surface area contributed by atoms with Gasteiger partial charge in [0.1, 0.15) is 5.82 Å². The first kappa shape index (κ1) is 13.2. The summed E-state index contributed by atoms with van der Waals surface area (Å²) in [6.45, 7) is 1.03. The molecule has 2 aromatic rings. The van der Waals surface area contributed by atoms with E-state index in [9.17, 15) is 0 Å². The molecular weight excluding hydrogens is 268 g/mol. The Labute approximate surface area is 122 Å². The van der Waals surface area contributed by atoms with Crippen molar-refractivity contribution < 1.29 is 0 Å². The van der Waals surface area contributed by atoms with Crippen LogP contribution in [-0.2, 0) is 18.7 Å². The molecular formula is C15H16N4S. The SMILES string of the molecule is N#Cc1cccc(CSc2nnc3n2CCCCC3)c1. The molecule has 0 aliphatic carbocycles. The Morgan fingerprint density at radius 1 is 1.25 bits per heavy atom. The van der Waals surface area contributed by atoms with E-state index in [2.05, 4.69) is 20.8 Å². The third-order valence-corrected chi connectivity index (χ3v) is 4.54. The van der Waals surface area contributed by atoms with Crippen molar-refractivity contribution >= 4 is 11.8 Å². The Bertz CT molecular complexity index is 642. The normalized spacial score (nSPS) is 14.3. The lowest BCUT2D eigenvalue weighted by Gasteiger charge is -2.06. The van der Waals surface area contributed by atoms with Crippen molar-refractivity contribution in [1.29, 1.82) is 5.26 Å². The van der Waals surface area contributed by atoms with E-state index in [1.807, 2.05) is 24.3 Å². The van der Waals surface area contributed by atoms with Crippen LogP contribution < -0.4 is 0 Å². The fourth-order valence-electron chi connectivity index (χ4n) is 2.44. The zero-order chi connectivity index (χ0) is 13.8. The number of nitriles is 1. The number of benzene rings is 1. The van der Waals surface area contributed by atoms with Crippen LogP contribution in [0.15, 0.2) is 29.4 Å². The lowest BCUT2D eigenvalue weighted by molar-refractivity contribution is 0.591. The van der Waals surface area contributed by atoms with Crippen LogP contribution in [0.5, 0.6) is 0 Å². The van der Waals surface area contributed by atoms with E-state index in [0.717, 1.165) is 35.3 Å². The molecule has 1 aliphatic heterocycles. The maximum Gasteiger partial charge on any atom is 0.191 e. The second kappa shape index (κ2) is 6.10. The van der Waals surface area contributed by atoms with Gasteiger partial charge in [0, 0.05) is 18.7 Å². The predicted octanol–water partition coefficient (Wildman–Crippen LogP) is 3.17. The van der Waals surface area contributed by atoms with Crippen molar-refractivity contribution in [3.8, 4) is 6.07 Å².